The minimum absolute atomic E-state index is 0.241. The van der Waals surface area contributed by atoms with E-state index in [9.17, 15) is 0 Å². The standard InChI is InChI=1S/C16H17N7/c1-11-12(10-17)4-5-13(20-11)21-14(15-18-6-8-22(15)2)16-19-7-9-23(16)3/h4-9,14H,1-3H3,(H,20,21). The van der Waals surface area contributed by atoms with Crippen LogP contribution in [0, 0.1) is 18.3 Å². The highest BCUT2D eigenvalue weighted by Gasteiger charge is 2.22. The van der Waals surface area contributed by atoms with E-state index >= 15 is 0 Å². The van der Waals surface area contributed by atoms with Crippen LogP contribution in [-0.2, 0) is 14.1 Å². The summed E-state index contributed by atoms with van der Waals surface area (Å²) in [6.07, 6.45) is 7.30. The summed E-state index contributed by atoms with van der Waals surface area (Å²) < 4.78 is 3.89. The van der Waals surface area contributed by atoms with Gasteiger partial charge in [0.05, 0.1) is 11.3 Å². The van der Waals surface area contributed by atoms with Gasteiger partial charge in [0.1, 0.15) is 29.6 Å². The fourth-order valence-electron chi connectivity index (χ4n) is 2.46. The van der Waals surface area contributed by atoms with E-state index in [1.165, 1.54) is 0 Å². The molecule has 0 radical (unpaired) electrons. The zero-order valence-electron chi connectivity index (χ0n) is 13.2. The normalized spacial score (nSPS) is 10.7. The fourth-order valence-corrected chi connectivity index (χ4v) is 2.46. The Morgan fingerprint density at radius 2 is 1.70 bits per heavy atom. The van der Waals surface area contributed by atoms with Gasteiger partial charge in [0.2, 0.25) is 0 Å². The van der Waals surface area contributed by atoms with E-state index in [0.717, 1.165) is 11.6 Å². The van der Waals surface area contributed by atoms with Crippen molar-refractivity contribution in [1.29, 1.82) is 5.26 Å². The highest BCUT2D eigenvalue weighted by atomic mass is 15.2. The molecule has 0 aromatic carbocycles. The van der Waals surface area contributed by atoms with Crippen molar-refractivity contribution < 1.29 is 0 Å². The summed E-state index contributed by atoms with van der Waals surface area (Å²) in [5, 5.41) is 12.4. The van der Waals surface area contributed by atoms with Gasteiger partial charge < -0.3 is 14.5 Å². The van der Waals surface area contributed by atoms with E-state index in [-0.39, 0.29) is 6.04 Å². The molecular weight excluding hydrogens is 290 g/mol. The average molecular weight is 307 g/mol. The first-order valence-electron chi connectivity index (χ1n) is 7.19. The second kappa shape index (κ2) is 5.93. The van der Waals surface area contributed by atoms with Gasteiger partial charge in [-0.2, -0.15) is 5.26 Å². The molecule has 23 heavy (non-hydrogen) atoms. The maximum atomic E-state index is 9.03. The van der Waals surface area contributed by atoms with Gasteiger partial charge in [-0.1, -0.05) is 0 Å². The van der Waals surface area contributed by atoms with Crippen LogP contribution in [0.25, 0.3) is 0 Å². The predicted octanol–water partition coefficient (Wildman–Crippen LogP) is 1.93. The molecule has 116 valence electrons. The molecule has 0 amide bonds. The van der Waals surface area contributed by atoms with Crippen molar-refractivity contribution in [1.82, 2.24) is 24.1 Å². The van der Waals surface area contributed by atoms with Gasteiger partial charge in [-0.15, -0.1) is 0 Å². The van der Waals surface area contributed by atoms with Gasteiger partial charge in [-0.3, -0.25) is 0 Å². The van der Waals surface area contributed by atoms with Crippen LogP contribution in [0.5, 0.6) is 0 Å². The van der Waals surface area contributed by atoms with E-state index in [2.05, 4.69) is 26.3 Å². The van der Waals surface area contributed by atoms with Crippen molar-refractivity contribution in [2.45, 2.75) is 13.0 Å². The van der Waals surface area contributed by atoms with Crippen LogP contribution in [0.15, 0.2) is 36.9 Å². The highest BCUT2D eigenvalue weighted by molar-refractivity contribution is 5.45. The van der Waals surface area contributed by atoms with Gasteiger partial charge >= 0.3 is 0 Å². The molecule has 0 bridgehead atoms. The Hall–Kier alpha value is -3.14. The van der Waals surface area contributed by atoms with Gasteiger partial charge in [-0.05, 0) is 19.1 Å². The van der Waals surface area contributed by atoms with E-state index in [0.29, 0.717) is 17.1 Å². The van der Waals surface area contributed by atoms with Gasteiger partial charge in [0, 0.05) is 38.9 Å². The van der Waals surface area contributed by atoms with Crippen LogP contribution in [0.1, 0.15) is 28.9 Å². The number of imidazole rings is 2. The molecule has 1 N–H and O–H groups in total. The molecule has 0 aliphatic carbocycles. The summed E-state index contributed by atoms with van der Waals surface area (Å²) in [7, 11) is 3.88. The molecule has 0 saturated heterocycles. The summed E-state index contributed by atoms with van der Waals surface area (Å²) in [6.45, 7) is 1.82. The molecule has 0 aliphatic heterocycles. The molecule has 0 unspecified atom stereocenters. The second-order valence-electron chi connectivity index (χ2n) is 5.31. The first kappa shape index (κ1) is 14.8. The number of hydrogen-bond donors (Lipinski definition) is 1. The Bertz CT molecular complexity index is 828. The molecule has 7 heteroatoms. The zero-order valence-corrected chi connectivity index (χ0v) is 13.2. The largest absolute Gasteiger partial charge is 0.354 e. The van der Waals surface area contributed by atoms with Crippen molar-refractivity contribution in [3.63, 3.8) is 0 Å². The van der Waals surface area contributed by atoms with E-state index in [1.54, 1.807) is 24.5 Å². The maximum absolute atomic E-state index is 9.03. The summed E-state index contributed by atoms with van der Waals surface area (Å²) in [5.74, 6) is 2.35. The number of hydrogen-bond acceptors (Lipinski definition) is 5. The molecule has 0 fully saturated rings. The molecule has 3 aromatic heterocycles. The molecule has 3 rings (SSSR count). The van der Waals surface area contributed by atoms with Crippen LogP contribution in [0.4, 0.5) is 5.82 Å². The lowest BCUT2D eigenvalue weighted by atomic mass is 10.2. The van der Waals surface area contributed by atoms with Crippen molar-refractivity contribution in [3.05, 3.63) is 59.8 Å². The maximum Gasteiger partial charge on any atom is 0.145 e. The number of aryl methyl sites for hydroxylation is 3. The van der Waals surface area contributed by atoms with E-state index in [4.69, 9.17) is 5.26 Å². The molecule has 3 aromatic rings. The minimum atomic E-state index is -0.241. The monoisotopic (exact) mass is 307 g/mol. The summed E-state index contributed by atoms with van der Waals surface area (Å²) >= 11 is 0. The smallest absolute Gasteiger partial charge is 0.145 e. The number of aromatic nitrogens is 5. The van der Waals surface area contributed by atoms with E-state index in [1.807, 2.05) is 42.5 Å². The third-order valence-electron chi connectivity index (χ3n) is 3.73. The quantitative estimate of drug-likeness (QED) is 0.796. The molecular formula is C16H17N7. The predicted molar refractivity (Wildman–Crippen MR) is 85.6 cm³/mol. The van der Waals surface area contributed by atoms with Gasteiger partial charge in [0.15, 0.2) is 0 Å². The zero-order chi connectivity index (χ0) is 16.4. The molecule has 7 nitrogen and oxygen atoms in total. The van der Waals surface area contributed by atoms with Crippen LogP contribution in [0.2, 0.25) is 0 Å². The number of nitrogens with zero attached hydrogens (tertiary/aromatic N) is 6. The van der Waals surface area contributed by atoms with E-state index < -0.39 is 0 Å². The Morgan fingerprint density at radius 3 is 2.13 bits per heavy atom. The number of pyridine rings is 1. The highest BCUT2D eigenvalue weighted by Crippen LogP contribution is 2.23. The number of nitriles is 1. The first-order chi connectivity index (χ1) is 11.1. The topological polar surface area (TPSA) is 84.3 Å². The average Bonchev–Trinajstić information content (AvgIpc) is 3.14. The Morgan fingerprint density at radius 1 is 1.09 bits per heavy atom. The Labute approximate surface area is 134 Å². The van der Waals surface area contributed by atoms with Crippen LogP contribution < -0.4 is 5.32 Å². The van der Waals surface area contributed by atoms with Crippen LogP contribution in [-0.4, -0.2) is 24.1 Å². The van der Waals surface area contributed by atoms with Crippen molar-refractivity contribution in [3.8, 4) is 6.07 Å². The van der Waals surface area contributed by atoms with Gasteiger partial charge in [-0.25, -0.2) is 15.0 Å². The molecule has 0 spiro atoms. The summed E-state index contributed by atoms with van der Waals surface area (Å²) in [4.78, 5) is 13.3. The molecule has 0 atom stereocenters. The van der Waals surface area contributed by atoms with Crippen molar-refractivity contribution in [2.75, 3.05) is 5.32 Å². The molecule has 0 saturated carbocycles. The summed E-state index contributed by atoms with van der Waals surface area (Å²) in [5.41, 5.74) is 1.26. The second-order valence-corrected chi connectivity index (χ2v) is 5.31. The minimum Gasteiger partial charge on any atom is -0.354 e. The number of rotatable bonds is 4. The SMILES string of the molecule is Cc1nc(NC(c2nccn2C)c2nccn2C)ccc1C#N. The number of anilines is 1. The third-order valence-corrected chi connectivity index (χ3v) is 3.73. The third kappa shape index (κ3) is 2.79. The van der Waals surface area contributed by atoms with Gasteiger partial charge in [0.25, 0.3) is 0 Å². The Balaban J connectivity index is 2.00. The van der Waals surface area contributed by atoms with Crippen molar-refractivity contribution in [2.24, 2.45) is 14.1 Å². The fraction of sp³-hybridized carbons (Fsp3) is 0.250. The molecule has 0 aliphatic rings. The molecule has 3 heterocycles. The first-order valence-corrected chi connectivity index (χ1v) is 7.19. The number of nitrogens with one attached hydrogen (secondary N) is 1. The lowest BCUT2D eigenvalue weighted by Crippen LogP contribution is -2.21. The van der Waals surface area contributed by atoms with Crippen LogP contribution >= 0.6 is 0 Å². The van der Waals surface area contributed by atoms with Crippen LogP contribution in [0.3, 0.4) is 0 Å². The lowest BCUT2D eigenvalue weighted by molar-refractivity contribution is 0.675. The Kier molecular flexibility index (Phi) is 3.81. The lowest BCUT2D eigenvalue weighted by Gasteiger charge is -2.19. The summed E-state index contributed by atoms with van der Waals surface area (Å²) in [6, 6.07) is 5.44. The van der Waals surface area contributed by atoms with Crippen molar-refractivity contribution >= 4 is 5.82 Å².